The quantitative estimate of drug-likeness (QED) is 0.349. The van der Waals surface area contributed by atoms with E-state index in [0.29, 0.717) is 5.56 Å². The Morgan fingerprint density at radius 1 is 0.893 bits per heavy atom. The zero-order valence-corrected chi connectivity index (χ0v) is 14.7. The lowest BCUT2D eigenvalue weighted by Crippen LogP contribution is -2.52. The molecule has 1 aromatic rings. The number of nitrogens with one attached hydrogen (secondary N) is 2. The Morgan fingerprint density at radius 3 is 2.07 bits per heavy atom. The van der Waals surface area contributed by atoms with E-state index in [9.17, 15) is 24.0 Å². The number of carbonyl (C=O) groups excluding carboxylic acids is 2. The van der Waals surface area contributed by atoms with Gasteiger partial charge in [0.25, 0.3) is 0 Å². The molecule has 0 radical (unpaired) electrons. The van der Waals surface area contributed by atoms with Crippen LogP contribution in [0.3, 0.4) is 0 Å². The summed E-state index contributed by atoms with van der Waals surface area (Å²) < 4.78 is 4.90. The van der Waals surface area contributed by atoms with Gasteiger partial charge >= 0.3 is 24.0 Å². The van der Waals surface area contributed by atoms with Crippen molar-refractivity contribution in [2.45, 2.75) is 38.0 Å². The van der Waals surface area contributed by atoms with E-state index in [1.807, 2.05) is 5.32 Å². The third-order valence-electron chi connectivity index (χ3n) is 3.46. The summed E-state index contributed by atoms with van der Waals surface area (Å²) in [5.41, 5.74) is 0.663. The van der Waals surface area contributed by atoms with Crippen LogP contribution in [0.25, 0.3) is 0 Å². The Labute approximate surface area is 159 Å². The molecule has 0 aliphatic carbocycles. The second-order valence-electron chi connectivity index (χ2n) is 5.69. The van der Waals surface area contributed by atoms with Crippen LogP contribution in [0.4, 0.5) is 4.79 Å². The average Bonchev–Trinajstić information content (AvgIpc) is 2.62. The van der Waals surface area contributed by atoms with Crippen LogP contribution in [0.15, 0.2) is 30.3 Å². The number of benzene rings is 1. The minimum atomic E-state index is -1.60. The van der Waals surface area contributed by atoms with Crippen LogP contribution in [0.1, 0.15) is 24.8 Å². The van der Waals surface area contributed by atoms with Gasteiger partial charge in [0.15, 0.2) is 0 Å². The van der Waals surface area contributed by atoms with Crippen molar-refractivity contribution in [1.29, 1.82) is 0 Å². The number of ether oxygens (including phenoxy) is 1. The first-order valence-corrected chi connectivity index (χ1v) is 8.13. The van der Waals surface area contributed by atoms with Crippen molar-refractivity contribution in [3.05, 3.63) is 35.9 Å². The lowest BCUT2D eigenvalue weighted by molar-refractivity contribution is -0.143. The molecule has 11 nitrogen and oxygen atoms in total. The summed E-state index contributed by atoms with van der Waals surface area (Å²) >= 11 is 0. The van der Waals surface area contributed by atoms with Crippen molar-refractivity contribution in [2.24, 2.45) is 0 Å². The highest BCUT2D eigenvalue weighted by atomic mass is 16.5. The number of carboxylic acids is 3. The first kappa shape index (κ1) is 22.4. The first-order chi connectivity index (χ1) is 13.2. The van der Waals surface area contributed by atoms with Crippen molar-refractivity contribution >= 4 is 29.9 Å². The largest absolute Gasteiger partial charge is 0.481 e. The molecule has 0 heterocycles. The molecule has 1 aromatic carbocycles. The van der Waals surface area contributed by atoms with Gasteiger partial charge in [0.05, 0.1) is 6.42 Å². The highest BCUT2D eigenvalue weighted by Gasteiger charge is 2.29. The van der Waals surface area contributed by atoms with E-state index in [0.717, 1.165) is 0 Å². The molecule has 0 spiro atoms. The highest BCUT2D eigenvalue weighted by molar-refractivity contribution is 5.91. The van der Waals surface area contributed by atoms with Crippen LogP contribution in [0.5, 0.6) is 0 Å². The van der Waals surface area contributed by atoms with Gasteiger partial charge in [-0.25, -0.2) is 9.59 Å². The van der Waals surface area contributed by atoms with Gasteiger partial charge in [-0.1, -0.05) is 30.3 Å². The number of alkyl carbamates (subject to hydrolysis) is 1. The van der Waals surface area contributed by atoms with Gasteiger partial charge in [0.1, 0.15) is 18.7 Å². The monoisotopic (exact) mass is 396 g/mol. The molecule has 0 fully saturated rings. The molecular weight excluding hydrogens is 376 g/mol. The minimum Gasteiger partial charge on any atom is -0.481 e. The maximum absolute atomic E-state index is 12.2. The van der Waals surface area contributed by atoms with E-state index in [4.69, 9.17) is 20.1 Å². The fourth-order valence-corrected chi connectivity index (χ4v) is 2.09. The van der Waals surface area contributed by atoms with E-state index in [1.54, 1.807) is 30.3 Å². The van der Waals surface area contributed by atoms with Crippen molar-refractivity contribution in [2.75, 3.05) is 0 Å². The van der Waals surface area contributed by atoms with Crippen LogP contribution in [-0.2, 0) is 30.5 Å². The fourth-order valence-electron chi connectivity index (χ4n) is 2.09. The Kier molecular flexibility index (Phi) is 8.93. The molecule has 2 amide bonds. The number of hydrogen-bond acceptors (Lipinski definition) is 6. The molecule has 0 aliphatic heterocycles. The third kappa shape index (κ3) is 8.65. The maximum atomic E-state index is 12.2. The summed E-state index contributed by atoms with van der Waals surface area (Å²) in [6.07, 6.45) is -2.82. The number of rotatable bonds is 11. The van der Waals surface area contributed by atoms with Crippen LogP contribution in [0.2, 0.25) is 0 Å². The second-order valence-corrected chi connectivity index (χ2v) is 5.69. The summed E-state index contributed by atoms with van der Waals surface area (Å²) in [5, 5.41) is 30.7. The molecule has 0 saturated heterocycles. The van der Waals surface area contributed by atoms with Gasteiger partial charge in [-0.15, -0.1) is 0 Å². The van der Waals surface area contributed by atoms with E-state index in [1.165, 1.54) is 0 Å². The molecular formula is C17H20N2O9. The highest BCUT2D eigenvalue weighted by Crippen LogP contribution is 2.03. The fraction of sp³-hybridized carbons (Fsp3) is 0.353. The standard InChI is InChI=1S/C17H20N2O9/c20-13(21)7-6-11(16(25)26)18-15(24)12(8-14(22)23)19-17(27)28-9-10-4-2-1-3-5-10/h1-5,11-12H,6-9H2,(H,18,24)(H,19,27)(H,20,21)(H,22,23)(H,25,26)/t11-,12-/m0/s1. The molecule has 0 unspecified atom stereocenters. The predicted octanol–water partition coefficient (Wildman–Crippen LogP) is 0.190. The Balaban J connectivity index is 2.69. The van der Waals surface area contributed by atoms with Crippen LogP contribution < -0.4 is 10.6 Å². The Bertz CT molecular complexity index is 721. The minimum absolute atomic E-state index is 0.121. The lowest BCUT2D eigenvalue weighted by atomic mass is 10.1. The second kappa shape index (κ2) is 11.2. The number of amides is 2. The van der Waals surface area contributed by atoms with Crippen molar-refractivity contribution < 1.29 is 44.0 Å². The number of hydrogen-bond donors (Lipinski definition) is 5. The lowest BCUT2D eigenvalue weighted by Gasteiger charge is -2.20. The van der Waals surface area contributed by atoms with Gasteiger partial charge in [0.2, 0.25) is 5.91 Å². The molecule has 0 saturated carbocycles. The van der Waals surface area contributed by atoms with Crippen molar-refractivity contribution in [1.82, 2.24) is 10.6 Å². The van der Waals surface area contributed by atoms with E-state index < -0.39 is 61.3 Å². The van der Waals surface area contributed by atoms with Gasteiger partial charge in [0, 0.05) is 6.42 Å². The molecule has 0 bridgehead atoms. The normalized spacial score (nSPS) is 12.3. The Morgan fingerprint density at radius 2 is 1.54 bits per heavy atom. The van der Waals surface area contributed by atoms with Gasteiger partial charge in [-0.3, -0.25) is 14.4 Å². The maximum Gasteiger partial charge on any atom is 0.408 e. The number of carboxylic acid groups (broad SMARTS) is 3. The molecule has 11 heteroatoms. The molecule has 2 atom stereocenters. The van der Waals surface area contributed by atoms with Gasteiger partial charge in [-0.2, -0.15) is 0 Å². The SMILES string of the molecule is O=C(O)CC[C@H](NC(=O)[C@H](CC(=O)O)NC(=O)OCc1ccccc1)C(=O)O. The summed E-state index contributed by atoms with van der Waals surface area (Å²) in [7, 11) is 0. The van der Waals surface area contributed by atoms with E-state index >= 15 is 0 Å². The smallest absolute Gasteiger partial charge is 0.408 e. The van der Waals surface area contributed by atoms with E-state index in [2.05, 4.69) is 5.32 Å². The summed E-state index contributed by atoms with van der Waals surface area (Å²) in [5.74, 6) is -5.25. The van der Waals surface area contributed by atoms with Gasteiger partial charge in [-0.05, 0) is 12.0 Å². The van der Waals surface area contributed by atoms with Crippen LogP contribution in [0, 0.1) is 0 Å². The van der Waals surface area contributed by atoms with Gasteiger partial charge < -0.3 is 30.7 Å². The average molecular weight is 396 g/mol. The van der Waals surface area contributed by atoms with Crippen molar-refractivity contribution in [3.63, 3.8) is 0 Å². The molecule has 5 N–H and O–H groups in total. The number of carbonyl (C=O) groups is 5. The molecule has 0 aromatic heterocycles. The van der Waals surface area contributed by atoms with Crippen LogP contribution in [-0.4, -0.2) is 57.3 Å². The van der Waals surface area contributed by atoms with Crippen LogP contribution >= 0.6 is 0 Å². The molecule has 152 valence electrons. The zero-order valence-electron chi connectivity index (χ0n) is 14.7. The predicted molar refractivity (Wildman–Crippen MR) is 92.2 cm³/mol. The summed E-state index contributed by atoms with van der Waals surface area (Å²) in [4.78, 5) is 56.7. The third-order valence-corrected chi connectivity index (χ3v) is 3.46. The first-order valence-electron chi connectivity index (χ1n) is 8.13. The molecule has 28 heavy (non-hydrogen) atoms. The summed E-state index contributed by atoms with van der Waals surface area (Å²) in [6.45, 7) is -0.121. The topological polar surface area (TPSA) is 179 Å². The summed E-state index contributed by atoms with van der Waals surface area (Å²) in [6, 6.07) is 5.43. The number of aliphatic carboxylic acids is 3. The van der Waals surface area contributed by atoms with Crippen molar-refractivity contribution in [3.8, 4) is 0 Å². The van der Waals surface area contributed by atoms with E-state index in [-0.39, 0.29) is 6.61 Å². The molecule has 1 rings (SSSR count). The zero-order chi connectivity index (χ0) is 21.1. The Hall–Kier alpha value is -3.63. The molecule has 0 aliphatic rings.